The van der Waals surface area contributed by atoms with Gasteiger partial charge in [0.15, 0.2) is 4.80 Å². The minimum absolute atomic E-state index is 0.241. The lowest BCUT2D eigenvalue weighted by Crippen LogP contribution is -2.12. The molecule has 0 spiro atoms. The molecule has 0 unspecified atom stereocenters. The third kappa shape index (κ3) is 2.72. The molecule has 0 aliphatic carbocycles. The Hall–Kier alpha value is -2.50. The van der Waals surface area contributed by atoms with E-state index in [0.29, 0.717) is 4.80 Å². The molecular weight excluding hydrogens is 336 g/mol. The van der Waals surface area contributed by atoms with E-state index in [1.165, 1.54) is 16.8 Å². The van der Waals surface area contributed by atoms with Crippen LogP contribution in [0.5, 0.6) is 0 Å². The standard InChI is InChI=1S/C19H14N2OS2/c1-21-16-10-8-13-5-2-3-7-15(13)18(16)24-19(21)20-17(22)11-9-14-6-4-12-23-14/h2-12H,1H3. The van der Waals surface area contributed by atoms with E-state index in [1.807, 2.05) is 41.3 Å². The van der Waals surface area contributed by atoms with E-state index in [4.69, 9.17) is 0 Å². The minimum atomic E-state index is -0.241. The molecule has 24 heavy (non-hydrogen) atoms. The van der Waals surface area contributed by atoms with Gasteiger partial charge in [-0.05, 0) is 29.0 Å². The van der Waals surface area contributed by atoms with Gasteiger partial charge >= 0.3 is 0 Å². The highest BCUT2D eigenvalue weighted by molar-refractivity contribution is 7.17. The third-order valence-electron chi connectivity index (χ3n) is 3.84. The molecule has 0 atom stereocenters. The van der Waals surface area contributed by atoms with Gasteiger partial charge in [0.05, 0.1) is 10.2 Å². The molecule has 0 bridgehead atoms. The number of hydrogen-bond donors (Lipinski definition) is 0. The van der Waals surface area contributed by atoms with Crippen molar-refractivity contribution in [3.05, 3.63) is 69.7 Å². The molecule has 0 N–H and O–H groups in total. The quantitative estimate of drug-likeness (QED) is 0.487. The SMILES string of the molecule is Cn1c(=NC(=O)C=Cc2cccs2)sc2c3ccccc3ccc21. The normalized spacial score (nSPS) is 12.6. The molecule has 2 heterocycles. The summed E-state index contributed by atoms with van der Waals surface area (Å²) in [6.07, 6.45) is 3.33. The Balaban J connectivity index is 1.80. The maximum Gasteiger partial charge on any atom is 0.272 e. The van der Waals surface area contributed by atoms with Crippen LogP contribution in [0.4, 0.5) is 0 Å². The summed E-state index contributed by atoms with van der Waals surface area (Å²) in [6, 6.07) is 16.4. The zero-order chi connectivity index (χ0) is 16.5. The van der Waals surface area contributed by atoms with Crippen molar-refractivity contribution in [1.82, 2.24) is 4.57 Å². The van der Waals surface area contributed by atoms with Gasteiger partial charge in [0.2, 0.25) is 0 Å². The third-order valence-corrected chi connectivity index (χ3v) is 5.86. The van der Waals surface area contributed by atoms with Crippen molar-refractivity contribution in [2.24, 2.45) is 12.0 Å². The molecule has 5 heteroatoms. The van der Waals surface area contributed by atoms with E-state index in [9.17, 15) is 4.79 Å². The van der Waals surface area contributed by atoms with Gasteiger partial charge in [0.1, 0.15) is 0 Å². The topological polar surface area (TPSA) is 34.4 Å². The predicted octanol–water partition coefficient (Wildman–Crippen LogP) is 4.60. The summed E-state index contributed by atoms with van der Waals surface area (Å²) in [6.45, 7) is 0. The van der Waals surface area contributed by atoms with Crippen molar-refractivity contribution < 1.29 is 4.79 Å². The lowest BCUT2D eigenvalue weighted by Gasteiger charge is -1.99. The number of rotatable bonds is 2. The highest BCUT2D eigenvalue weighted by atomic mass is 32.1. The fourth-order valence-electron chi connectivity index (χ4n) is 2.63. The van der Waals surface area contributed by atoms with Gasteiger partial charge in [-0.3, -0.25) is 4.79 Å². The van der Waals surface area contributed by atoms with Crippen molar-refractivity contribution in [3.63, 3.8) is 0 Å². The summed E-state index contributed by atoms with van der Waals surface area (Å²) in [5.41, 5.74) is 1.09. The van der Waals surface area contributed by atoms with Crippen LogP contribution in [0.2, 0.25) is 0 Å². The summed E-state index contributed by atoms with van der Waals surface area (Å²) >= 11 is 3.15. The van der Waals surface area contributed by atoms with Crippen molar-refractivity contribution in [2.75, 3.05) is 0 Å². The predicted molar refractivity (Wildman–Crippen MR) is 102 cm³/mol. The molecule has 0 saturated carbocycles. The van der Waals surface area contributed by atoms with E-state index in [1.54, 1.807) is 28.7 Å². The summed E-state index contributed by atoms with van der Waals surface area (Å²) < 4.78 is 3.13. The second-order valence-electron chi connectivity index (χ2n) is 5.38. The fraction of sp³-hybridized carbons (Fsp3) is 0.0526. The minimum Gasteiger partial charge on any atom is -0.319 e. The number of thiophene rings is 1. The van der Waals surface area contributed by atoms with Crippen LogP contribution < -0.4 is 4.80 Å². The van der Waals surface area contributed by atoms with Gasteiger partial charge < -0.3 is 4.57 Å². The zero-order valence-corrected chi connectivity index (χ0v) is 14.6. The maximum atomic E-state index is 12.1. The lowest BCUT2D eigenvalue weighted by molar-refractivity contribution is -0.113. The molecular formula is C19H14N2OS2. The highest BCUT2D eigenvalue weighted by Crippen LogP contribution is 2.27. The monoisotopic (exact) mass is 350 g/mol. The van der Waals surface area contributed by atoms with Gasteiger partial charge in [-0.15, -0.1) is 11.3 Å². The van der Waals surface area contributed by atoms with Crippen molar-refractivity contribution in [2.45, 2.75) is 0 Å². The number of amides is 1. The average Bonchev–Trinajstić information content (AvgIpc) is 3.22. The number of carbonyl (C=O) groups is 1. The number of thiazole rings is 1. The second kappa shape index (κ2) is 6.19. The Morgan fingerprint density at radius 3 is 2.83 bits per heavy atom. The second-order valence-corrected chi connectivity index (χ2v) is 7.33. The van der Waals surface area contributed by atoms with Crippen LogP contribution in [0.1, 0.15) is 4.88 Å². The molecule has 4 aromatic rings. The number of fused-ring (bicyclic) bond motifs is 3. The Morgan fingerprint density at radius 1 is 1.12 bits per heavy atom. The first kappa shape index (κ1) is 15.1. The van der Waals surface area contributed by atoms with Gasteiger partial charge in [-0.25, -0.2) is 0 Å². The number of nitrogens with zero attached hydrogens (tertiary/aromatic N) is 2. The maximum absolute atomic E-state index is 12.1. The summed E-state index contributed by atoms with van der Waals surface area (Å²) in [5.74, 6) is -0.241. The molecule has 0 saturated heterocycles. The molecule has 0 aliphatic rings. The van der Waals surface area contributed by atoms with Crippen LogP contribution in [0.3, 0.4) is 0 Å². The zero-order valence-electron chi connectivity index (χ0n) is 13.0. The molecule has 2 aromatic carbocycles. The van der Waals surface area contributed by atoms with Crippen LogP contribution in [-0.2, 0) is 11.8 Å². The van der Waals surface area contributed by atoms with E-state index in [0.717, 1.165) is 15.1 Å². The molecule has 0 aliphatic heterocycles. The van der Waals surface area contributed by atoms with E-state index < -0.39 is 0 Å². The van der Waals surface area contributed by atoms with Crippen LogP contribution >= 0.6 is 22.7 Å². The molecule has 0 radical (unpaired) electrons. The smallest absolute Gasteiger partial charge is 0.272 e. The van der Waals surface area contributed by atoms with Crippen molar-refractivity contribution in [3.8, 4) is 0 Å². The summed E-state index contributed by atoms with van der Waals surface area (Å²) in [4.78, 5) is 18.2. The van der Waals surface area contributed by atoms with Crippen LogP contribution in [-0.4, -0.2) is 10.5 Å². The van der Waals surface area contributed by atoms with Gasteiger partial charge in [-0.2, -0.15) is 4.99 Å². The molecule has 4 rings (SSSR count). The summed E-state index contributed by atoms with van der Waals surface area (Å²) in [5, 5.41) is 4.37. The van der Waals surface area contributed by atoms with E-state index >= 15 is 0 Å². The first-order valence-electron chi connectivity index (χ1n) is 7.50. The Bertz CT molecular complexity index is 1130. The van der Waals surface area contributed by atoms with Crippen LogP contribution in [0, 0.1) is 0 Å². The lowest BCUT2D eigenvalue weighted by atomic mass is 10.1. The first-order valence-corrected chi connectivity index (χ1v) is 9.19. The molecule has 3 nitrogen and oxygen atoms in total. The van der Waals surface area contributed by atoms with Gasteiger partial charge in [0.25, 0.3) is 5.91 Å². The van der Waals surface area contributed by atoms with E-state index in [-0.39, 0.29) is 5.91 Å². The van der Waals surface area contributed by atoms with Crippen molar-refractivity contribution in [1.29, 1.82) is 0 Å². The largest absolute Gasteiger partial charge is 0.319 e. The Morgan fingerprint density at radius 2 is 2.00 bits per heavy atom. The highest BCUT2D eigenvalue weighted by Gasteiger charge is 2.07. The fourth-order valence-corrected chi connectivity index (χ4v) is 4.41. The number of hydrogen-bond acceptors (Lipinski definition) is 3. The number of aryl methyl sites for hydroxylation is 1. The number of benzene rings is 2. The molecule has 2 aromatic heterocycles. The Kier molecular flexibility index (Phi) is 3.88. The molecule has 0 fully saturated rings. The van der Waals surface area contributed by atoms with Crippen molar-refractivity contribution >= 4 is 55.6 Å². The summed E-state index contributed by atoms with van der Waals surface area (Å²) in [7, 11) is 1.95. The number of aromatic nitrogens is 1. The number of carbonyl (C=O) groups excluding carboxylic acids is 1. The van der Waals surface area contributed by atoms with Gasteiger partial charge in [0, 0.05) is 23.4 Å². The van der Waals surface area contributed by atoms with Crippen LogP contribution in [0.15, 0.2) is 65.0 Å². The van der Waals surface area contributed by atoms with Crippen LogP contribution in [0.25, 0.3) is 27.1 Å². The van der Waals surface area contributed by atoms with E-state index in [2.05, 4.69) is 29.3 Å². The Labute approximate surface area is 146 Å². The van der Waals surface area contributed by atoms with Gasteiger partial charge in [-0.1, -0.05) is 47.7 Å². The molecule has 118 valence electrons. The first-order chi connectivity index (χ1) is 11.7. The average molecular weight is 350 g/mol. The molecule has 1 amide bonds.